The maximum atomic E-state index is 3.46. The molecule has 0 aromatic heterocycles. The summed E-state index contributed by atoms with van der Waals surface area (Å²) in [5.41, 5.74) is 2.60. The number of para-hydroxylation sites is 1. The molecule has 2 aromatic rings. The van der Waals surface area contributed by atoms with Crippen molar-refractivity contribution in [2.24, 2.45) is 0 Å². The van der Waals surface area contributed by atoms with Gasteiger partial charge in [-0.15, -0.1) is 0 Å². The summed E-state index contributed by atoms with van der Waals surface area (Å²) < 4.78 is 0. The van der Waals surface area contributed by atoms with Crippen molar-refractivity contribution >= 4 is 17.4 Å². The van der Waals surface area contributed by atoms with Gasteiger partial charge < -0.3 is 5.32 Å². The third-order valence-corrected chi connectivity index (χ3v) is 3.98. The van der Waals surface area contributed by atoms with Crippen LogP contribution in [0.4, 0.5) is 5.69 Å². The number of thioether (sulfide) groups is 1. The summed E-state index contributed by atoms with van der Waals surface area (Å²) in [6.45, 7) is 3.27. The van der Waals surface area contributed by atoms with Gasteiger partial charge in [0.2, 0.25) is 0 Å². The number of hydrogen-bond donors (Lipinski definition) is 1. The van der Waals surface area contributed by atoms with E-state index in [1.807, 2.05) is 17.8 Å². The van der Waals surface area contributed by atoms with Crippen LogP contribution in [0, 0.1) is 0 Å². The molecule has 1 atom stereocenters. The molecule has 1 N–H and O–H groups in total. The third kappa shape index (κ3) is 4.46. The zero-order valence-electron chi connectivity index (χ0n) is 10.7. The number of benzene rings is 2. The van der Waals surface area contributed by atoms with Crippen LogP contribution < -0.4 is 5.32 Å². The quantitative estimate of drug-likeness (QED) is 0.822. The van der Waals surface area contributed by atoms with Gasteiger partial charge in [-0.1, -0.05) is 55.5 Å². The molecule has 0 bridgehead atoms. The lowest BCUT2D eigenvalue weighted by molar-refractivity contribution is 0.998. The zero-order valence-corrected chi connectivity index (χ0v) is 11.5. The fourth-order valence-corrected chi connectivity index (χ4v) is 2.56. The van der Waals surface area contributed by atoms with Gasteiger partial charge in [-0.25, -0.2) is 0 Å². The van der Waals surface area contributed by atoms with Gasteiger partial charge in [0, 0.05) is 23.2 Å². The first-order valence-corrected chi connectivity index (χ1v) is 7.34. The lowest BCUT2D eigenvalue weighted by atomic mass is 10.2. The van der Waals surface area contributed by atoms with Gasteiger partial charge in [-0.05, 0) is 17.7 Å². The van der Waals surface area contributed by atoms with Crippen LogP contribution in [-0.2, 0) is 5.75 Å². The van der Waals surface area contributed by atoms with Crippen LogP contribution in [0.15, 0.2) is 60.7 Å². The Bertz CT molecular complexity index is 398. The predicted octanol–water partition coefficient (Wildman–Crippen LogP) is 4.42. The van der Waals surface area contributed by atoms with E-state index in [1.54, 1.807) is 0 Å². The minimum absolute atomic E-state index is 0.602. The SMILES string of the molecule is CC(CNc1ccccc1)SCc1ccccc1. The van der Waals surface area contributed by atoms with Crippen molar-refractivity contribution in [3.05, 3.63) is 66.2 Å². The number of rotatable bonds is 6. The van der Waals surface area contributed by atoms with Crippen molar-refractivity contribution < 1.29 is 0 Å². The van der Waals surface area contributed by atoms with Crippen molar-refractivity contribution in [3.8, 4) is 0 Å². The average Bonchev–Trinajstić information content (AvgIpc) is 2.45. The molecule has 2 heteroatoms. The molecule has 94 valence electrons. The molecule has 2 rings (SSSR count). The summed E-state index contributed by atoms with van der Waals surface area (Å²) in [6, 6.07) is 21.0. The summed E-state index contributed by atoms with van der Waals surface area (Å²) in [6.07, 6.45) is 0. The normalized spacial score (nSPS) is 12.1. The number of anilines is 1. The Hall–Kier alpha value is -1.41. The van der Waals surface area contributed by atoms with Gasteiger partial charge >= 0.3 is 0 Å². The van der Waals surface area contributed by atoms with Crippen LogP contribution in [0.1, 0.15) is 12.5 Å². The van der Waals surface area contributed by atoms with Gasteiger partial charge in [0.1, 0.15) is 0 Å². The standard InChI is InChI=1S/C16H19NS/c1-14(12-17-16-10-6-3-7-11-16)18-13-15-8-4-2-5-9-15/h2-11,14,17H,12-13H2,1H3. The summed E-state index contributed by atoms with van der Waals surface area (Å²) in [5.74, 6) is 1.08. The van der Waals surface area contributed by atoms with Crippen LogP contribution in [0.3, 0.4) is 0 Å². The fraction of sp³-hybridized carbons (Fsp3) is 0.250. The first-order valence-electron chi connectivity index (χ1n) is 6.29. The summed E-state index contributed by atoms with van der Waals surface area (Å²) in [5, 5.41) is 4.06. The van der Waals surface area contributed by atoms with E-state index < -0.39 is 0 Å². The Kier molecular flexibility index (Phi) is 5.15. The molecular weight excluding hydrogens is 238 g/mol. The second kappa shape index (κ2) is 7.12. The van der Waals surface area contributed by atoms with Crippen LogP contribution >= 0.6 is 11.8 Å². The Labute approximate surface area is 114 Å². The molecule has 1 unspecified atom stereocenters. The van der Waals surface area contributed by atoms with Crippen molar-refractivity contribution in [3.63, 3.8) is 0 Å². The van der Waals surface area contributed by atoms with Crippen molar-refractivity contribution in [1.82, 2.24) is 0 Å². The van der Waals surface area contributed by atoms with Crippen LogP contribution in [0.5, 0.6) is 0 Å². The van der Waals surface area contributed by atoms with Crippen LogP contribution in [-0.4, -0.2) is 11.8 Å². The molecule has 0 spiro atoms. The van der Waals surface area contributed by atoms with Gasteiger partial charge in [0.05, 0.1) is 0 Å². The molecule has 0 amide bonds. The molecule has 0 saturated carbocycles. The average molecular weight is 257 g/mol. The fourth-order valence-electron chi connectivity index (χ4n) is 1.69. The van der Waals surface area contributed by atoms with E-state index in [4.69, 9.17) is 0 Å². The minimum Gasteiger partial charge on any atom is -0.384 e. The van der Waals surface area contributed by atoms with E-state index in [0.29, 0.717) is 5.25 Å². The summed E-state index contributed by atoms with van der Waals surface area (Å²) in [7, 11) is 0. The first-order chi connectivity index (χ1) is 8.84. The van der Waals surface area contributed by atoms with Crippen molar-refractivity contribution in [2.75, 3.05) is 11.9 Å². The van der Waals surface area contributed by atoms with Crippen LogP contribution in [0.2, 0.25) is 0 Å². The summed E-state index contributed by atoms with van der Waals surface area (Å²) in [4.78, 5) is 0. The molecule has 0 aliphatic carbocycles. The zero-order chi connectivity index (χ0) is 12.6. The van der Waals surface area contributed by atoms with E-state index in [1.165, 1.54) is 11.3 Å². The van der Waals surface area contributed by atoms with E-state index in [0.717, 1.165) is 12.3 Å². The maximum Gasteiger partial charge on any atom is 0.0340 e. The number of hydrogen-bond acceptors (Lipinski definition) is 2. The second-order valence-electron chi connectivity index (χ2n) is 4.35. The molecule has 0 aliphatic heterocycles. The van der Waals surface area contributed by atoms with Gasteiger partial charge in [-0.2, -0.15) is 11.8 Å². The number of nitrogens with one attached hydrogen (secondary N) is 1. The highest BCUT2D eigenvalue weighted by Gasteiger charge is 2.02. The smallest absolute Gasteiger partial charge is 0.0340 e. The molecule has 2 aromatic carbocycles. The Morgan fingerprint density at radius 3 is 2.22 bits per heavy atom. The largest absolute Gasteiger partial charge is 0.384 e. The molecule has 0 saturated heterocycles. The highest BCUT2D eigenvalue weighted by atomic mass is 32.2. The molecule has 0 fully saturated rings. The highest BCUT2D eigenvalue weighted by Crippen LogP contribution is 2.18. The Morgan fingerprint density at radius 1 is 0.944 bits per heavy atom. The summed E-state index contributed by atoms with van der Waals surface area (Å²) >= 11 is 1.99. The molecule has 18 heavy (non-hydrogen) atoms. The molecular formula is C16H19NS. The molecule has 0 heterocycles. The van der Waals surface area contributed by atoms with Gasteiger partial charge in [0.25, 0.3) is 0 Å². The predicted molar refractivity (Wildman–Crippen MR) is 82.1 cm³/mol. The Morgan fingerprint density at radius 2 is 1.56 bits per heavy atom. The van der Waals surface area contributed by atoms with E-state index in [9.17, 15) is 0 Å². The molecule has 0 aliphatic rings. The van der Waals surface area contributed by atoms with Crippen LogP contribution in [0.25, 0.3) is 0 Å². The monoisotopic (exact) mass is 257 g/mol. The van der Waals surface area contributed by atoms with Crippen molar-refractivity contribution in [1.29, 1.82) is 0 Å². The lowest BCUT2D eigenvalue weighted by Crippen LogP contribution is -2.13. The topological polar surface area (TPSA) is 12.0 Å². The Balaban J connectivity index is 1.71. The maximum absolute atomic E-state index is 3.46. The molecule has 1 nitrogen and oxygen atoms in total. The lowest BCUT2D eigenvalue weighted by Gasteiger charge is -2.13. The second-order valence-corrected chi connectivity index (χ2v) is 5.78. The third-order valence-electron chi connectivity index (χ3n) is 2.74. The highest BCUT2D eigenvalue weighted by molar-refractivity contribution is 7.99. The first kappa shape index (κ1) is 13.0. The van der Waals surface area contributed by atoms with Crippen molar-refractivity contribution in [2.45, 2.75) is 17.9 Å². The van der Waals surface area contributed by atoms with Gasteiger partial charge in [-0.3, -0.25) is 0 Å². The van der Waals surface area contributed by atoms with E-state index in [-0.39, 0.29) is 0 Å². The van der Waals surface area contributed by atoms with E-state index in [2.05, 4.69) is 66.8 Å². The van der Waals surface area contributed by atoms with Gasteiger partial charge in [0.15, 0.2) is 0 Å². The minimum atomic E-state index is 0.602. The molecule has 0 radical (unpaired) electrons. The van der Waals surface area contributed by atoms with E-state index >= 15 is 0 Å².